The molecule has 0 aliphatic carbocycles. The smallest absolute Gasteiger partial charge is 0.270 e. The van der Waals surface area contributed by atoms with E-state index in [4.69, 9.17) is 0 Å². The molecule has 1 aliphatic heterocycles. The van der Waals surface area contributed by atoms with E-state index < -0.39 is 10.2 Å². The van der Waals surface area contributed by atoms with Crippen LogP contribution in [0, 0.1) is 6.92 Å². The molecule has 0 radical (unpaired) electrons. The van der Waals surface area contributed by atoms with Crippen molar-refractivity contribution in [3.63, 3.8) is 0 Å². The summed E-state index contributed by atoms with van der Waals surface area (Å²) in [5, 5.41) is 0. The van der Waals surface area contributed by atoms with Gasteiger partial charge in [0.25, 0.3) is 0 Å². The number of nitrogens with one attached hydrogen (secondary N) is 1. The summed E-state index contributed by atoms with van der Waals surface area (Å²) >= 11 is 0. The van der Waals surface area contributed by atoms with Gasteiger partial charge < -0.3 is 0 Å². The van der Waals surface area contributed by atoms with E-state index in [-0.39, 0.29) is 5.92 Å². The predicted octanol–water partition coefficient (Wildman–Crippen LogP) is 3.26. The normalized spacial score (nSPS) is 17.4. The maximum absolute atomic E-state index is 12.5. The van der Waals surface area contributed by atoms with Crippen LogP contribution in [0.15, 0.2) is 18.2 Å². The Morgan fingerprint density at radius 2 is 1.80 bits per heavy atom. The molecule has 1 fully saturated rings. The van der Waals surface area contributed by atoms with Crippen LogP contribution in [-0.4, -0.2) is 25.8 Å². The van der Waals surface area contributed by atoms with Crippen molar-refractivity contribution in [1.82, 2.24) is 4.31 Å². The predicted molar refractivity (Wildman–Crippen MR) is 83.2 cm³/mol. The number of para-hydroxylation sites is 1. The van der Waals surface area contributed by atoms with E-state index in [1.165, 1.54) is 0 Å². The first-order valence-electron chi connectivity index (χ1n) is 7.29. The summed E-state index contributed by atoms with van der Waals surface area (Å²) in [5.74, 6) is 0.286. The van der Waals surface area contributed by atoms with Crippen LogP contribution < -0.4 is 4.72 Å². The highest BCUT2D eigenvalue weighted by Gasteiger charge is 2.25. The first-order chi connectivity index (χ1) is 9.42. The molecule has 0 spiro atoms. The maximum Gasteiger partial charge on any atom is 0.301 e. The summed E-state index contributed by atoms with van der Waals surface area (Å²) < 4.78 is 29.4. The zero-order valence-corrected chi connectivity index (χ0v) is 13.3. The summed E-state index contributed by atoms with van der Waals surface area (Å²) in [6.07, 6.45) is 3.02. The second kappa shape index (κ2) is 6.14. The van der Waals surface area contributed by atoms with E-state index in [0.29, 0.717) is 13.1 Å². The molecular weight excluding hydrogens is 272 g/mol. The van der Waals surface area contributed by atoms with E-state index in [0.717, 1.165) is 36.1 Å². The minimum atomic E-state index is -3.43. The Bertz CT molecular complexity index is 561. The average molecular weight is 296 g/mol. The fourth-order valence-corrected chi connectivity index (χ4v) is 4.01. The van der Waals surface area contributed by atoms with Crippen molar-refractivity contribution in [2.45, 2.75) is 46.0 Å². The van der Waals surface area contributed by atoms with E-state index >= 15 is 0 Å². The highest BCUT2D eigenvalue weighted by atomic mass is 32.2. The third-order valence-corrected chi connectivity index (χ3v) is 5.32. The molecule has 4 nitrogen and oxygen atoms in total. The molecule has 1 N–H and O–H groups in total. The number of hydrogen-bond acceptors (Lipinski definition) is 2. The van der Waals surface area contributed by atoms with Gasteiger partial charge in [0.1, 0.15) is 0 Å². The molecule has 112 valence electrons. The molecule has 0 atom stereocenters. The molecule has 0 unspecified atom stereocenters. The summed E-state index contributed by atoms with van der Waals surface area (Å²) in [5.41, 5.74) is 2.76. The van der Waals surface area contributed by atoms with E-state index in [1.807, 2.05) is 25.1 Å². The molecular formula is C15H24N2O2S. The topological polar surface area (TPSA) is 49.4 Å². The van der Waals surface area contributed by atoms with Crippen molar-refractivity contribution in [3.8, 4) is 0 Å². The molecule has 5 heteroatoms. The van der Waals surface area contributed by atoms with Gasteiger partial charge in [0, 0.05) is 13.1 Å². The van der Waals surface area contributed by atoms with Gasteiger partial charge in [0.05, 0.1) is 5.69 Å². The molecule has 1 aromatic rings. The monoisotopic (exact) mass is 296 g/mol. The molecule has 0 saturated carbocycles. The van der Waals surface area contributed by atoms with Gasteiger partial charge in [-0.25, -0.2) is 0 Å². The maximum atomic E-state index is 12.5. The number of anilines is 1. The van der Waals surface area contributed by atoms with Crippen LogP contribution in [0.25, 0.3) is 0 Å². The molecule has 0 amide bonds. The summed E-state index contributed by atoms with van der Waals surface area (Å²) in [6.45, 7) is 7.34. The van der Waals surface area contributed by atoms with Crippen molar-refractivity contribution in [2.24, 2.45) is 0 Å². The lowest BCUT2D eigenvalue weighted by molar-refractivity contribution is 0.349. The Labute approximate surface area is 122 Å². The molecule has 1 saturated heterocycles. The Kier molecular flexibility index (Phi) is 4.70. The van der Waals surface area contributed by atoms with Gasteiger partial charge >= 0.3 is 10.2 Å². The first kappa shape index (κ1) is 15.3. The van der Waals surface area contributed by atoms with E-state index in [9.17, 15) is 8.42 Å². The minimum Gasteiger partial charge on any atom is -0.270 e. The number of nitrogens with zero attached hydrogens (tertiary/aromatic N) is 1. The molecule has 0 aromatic heterocycles. The molecule has 1 aromatic carbocycles. The van der Waals surface area contributed by atoms with Gasteiger partial charge in [-0.05, 0) is 36.8 Å². The highest BCUT2D eigenvalue weighted by molar-refractivity contribution is 7.90. The number of aryl methyl sites for hydroxylation is 1. The standard InChI is InChI=1S/C15H24N2O2S/c1-12(2)14-9-7-8-13(3)15(14)16-20(18,19)17-10-5-4-6-11-17/h7-9,12,16H,4-6,10-11H2,1-3H3. The Morgan fingerprint density at radius 1 is 1.15 bits per heavy atom. The quantitative estimate of drug-likeness (QED) is 0.927. The van der Waals surface area contributed by atoms with Crippen molar-refractivity contribution in [3.05, 3.63) is 29.3 Å². The minimum absolute atomic E-state index is 0.286. The highest BCUT2D eigenvalue weighted by Crippen LogP contribution is 2.29. The second-order valence-corrected chi connectivity index (χ2v) is 7.43. The van der Waals surface area contributed by atoms with Crippen LogP contribution >= 0.6 is 0 Å². The Hall–Kier alpha value is -1.07. The Balaban J connectivity index is 2.29. The van der Waals surface area contributed by atoms with Crippen LogP contribution in [0.5, 0.6) is 0 Å². The SMILES string of the molecule is Cc1cccc(C(C)C)c1NS(=O)(=O)N1CCCCC1. The van der Waals surface area contributed by atoms with Gasteiger partial charge in [0.2, 0.25) is 0 Å². The van der Waals surface area contributed by atoms with Crippen molar-refractivity contribution in [1.29, 1.82) is 0 Å². The van der Waals surface area contributed by atoms with Crippen molar-refractivity contribution < 1.29 is 8.42 Å². The second-order valence-electron chi connectivity index (χ2n) is 5.76. The zero-order chi connectivity index (χ0) is 14.8. The van der Waals surface area contributed by atoms with Crippen molar-refractivity contribution in [2.75, 3.05) is 17.8 Å². The lowest BCUT2D eigenvalue weighted by Crippen LogP contribution is -2.39. The summed E-state index contributed by atoms with van der Waals surface area (Å²) in [4.78, 5) is 0. The van der Waals surface area contributed by atoms with Crippen molar-refractivity contribution >= 4 is 15.9 Å². The number of piperidine rings is 1. The lowest BCUT2D eigenvalue weighted by atomic mass is 9.99. The van der Waals surface area contributed by atoms with Crippen LogP contribution in [0.2, 0.25) is 0 Å². The fraction of sp³-hybridized carbons (Fsp3) is 0.600. The van der Waals surface area contributed by atoms with Gasteiger partial charge in [0.15, 0.2) is 0 Å². The largest absolute Gasteiger partial charge is 0.301 e. The number of benzene rings is 1. The zero-order valence-electron chi connectivity index (χ0n) is 12.5. The summed E-state index contributed by atoms with van der Waals surface area (Å²) in [6, 6.07) is 5.91. The Morgan fingerprint density at radius 3 is 2.40 bits per heavy atom. The van der Waals surface area contributed by atoms with Gasteiger partial charge in [-0.15, -0.1) is 0 Å². The molecule has 20 heavy (non-hydrogen) atoms. The van der Waals surface area contributed by atoms with Gasteiger partial charge in [-0.3, -0.25) is 4.72 Å². The van der Waals surface area contributed by atoms with Crippen LogP contribution in [0.4, 0.5) is 5.69 Å². The number of hydrogen-bond donors (Lipinski definition) is 1. The third kappa shape index (κ3) is 3.33. The van der Waals surface area contributed by atoms with Crippen LogP contribution in [0.1, 0.15) is 50.2 Å². The third-order valence-electron chi connectivity index (χ3n) is 3.81. The van der Waals surface area contributed by atoms with Gasteiger partial charge in [-0.1, -0.05) is 38.5 Å². The summed E-state index contributed by atoms with van der Waals surface area (Å²) in [7, 11) is -3.43. The molecule has 1 aliphatic rings. The fourth-order valence-electron chi connectivity index (χ4n) is 2.61. The van der Waals surface area contributed by atoms with E-state index in [2.05, 4.69) is 18.6 Å². The molecule has 1 heterocycles. The van der Waals surface area contributed by atoms with E-state index in [1.54, 1.807) is 4.31 Å². The molecule has 0 bridgehead atoms. The van der Waals surface area contributed by atoms with Crippen LogP contribution in [-0.2, 0) is 10.2 Å². The lowest BCUT2D eigenvalue weighted by Gasteiger charge is -2.27. The number of rotatable bonds is 4. The van der Waals surface area contributed by atoms with Gasteiger partial charge in [-0.2, -0.15) is 12.7 Å². The molecule has 2 rings (SSSR count). The first-order valence-corrected chi connectivity index (χ1v) is 8.73. The van der Waals surface area contributed by atoms with Crippen LogP contribution in [0.3, 0.4) is 0 Å². The average Bonchev–Trinajstić information content (AvgIpc) is 2.41.